The lowest BCUT2D eigenvalue weighted by Gasteiger charge is -2.07. The van der Waals surface area contributed by atoms with Crippen LogP contribution in [0, 0.1) is 10.5 Å². The van der Waals surface area contributed by atoms with Gasteiger partial charge in [0.2, 0.25) is 0 Å². The number of fused-ring (bicyclic) bond motifs is 1. The molecule has 0 radical (unpaired) electrons. The lowest BCUT2D eigenvalue weighted by molar-refractivity contribution is 1.08. The minimum atomic E-state index is 0.687. The molecule has 0 fully saturated rings. The summed E-state index contributed by atoms with van der Waals surface area (Å²) in [5.41, 5.74) is 4.49. The Kier molecular flexibility index (Phi) is 3.89. The van der Waals surface area contributed by atoms with Gasteiger partial charge in [0.15, 0.2) is 0 Å². The molecule has 0 aliphatic carbocycles. The van der Waals surface area contributed by atoms with Crippen LogP contribution in [0.1, 0.15) is 11.3 Å². The second-order valence-corrected chi connectivity index (χ2v) is 6.32. The number of hydrogen-bond donors (Lipinski definition) is 2. The standard InChI is InChI=1S/C16H14ClIN2/c1-10-6-7-11(8-13(10)18)19-9-15-16(17)12-4-2-3-5-14(12)20-15/h2-8,19-20H,9H2,1H3. The predicted molar refractivity (Wildman–Crippen MR) is 94.5 cm³/mol. The van der Waals surface area contributed by atoms with Crippen molar-refractivity contribution in [1.82, 2.24) is 4.98 Å². The van der Waals surface area contributed by atoms with Gasteiger partial charge in [-0.05, 0) is 53.3 Å². The van der Waals surface area contributed by atoms with E-state index in [1.165, 1.54) is 9.13 Å². The molecule has 20 heavy (non-hydrogen) atoms. The van der Waals surface area contributed by atoms with Crippen molar-refractivity contribution in [3.05, 3.63) is 62.3 Å². The molecule has 3 rings (SSSR count). The molecule has 0 bridgehead atoms. The smallest absolute Gasteiger partial charge is 0.0710 e. The third-order valence-corrected chi connectivity index (χ3v) is 4.95. The van der Waals surface area contributed by atoms with Crippen LogP contribution in [-0.2, 0) is 6.54 Å². The van der Waals surface area contributed by atoms with E-state index in [1.54, 1.807) is 0 Å². The summed E-state index contributed by atoms with van der Waals surface area (Å²) in [5.74, 6) is 0. The number of halogens is 2. The maximum atomic E-state index is 6.41. The summed E-state index contributed by atoms with van der Waals surface area (Å²) >= 11 is 8.76. The Hall–Kier alpha value is -1.20. The zero-order valence-electron chi connectivity index (χ0n) is 11.0. The number of para-hydroxylation sites is 1. The van der Waals surface area contributed by atoms with Gasteiger partial charge in [-0.15, -0.1) is 0 Å². The quantitative estimate of drug-likeness (QED) is 0.574. The van der Waals surface area contributed by atoms with Crippen LogP contribution in [0.25, 0.3) is 10.9 Å². The fourth-order valence-electron chi connectivity index (χ4n) is 2.18. The first-order valence-corrected chi connectivity index (χ1v) is 7.86. The fourth-order valence-corrected chi connectivity index (χ4v) is 2.97. The van der Waals surface area contributed by atoms with Crippen LogP contribution in [0.5, 0.6) is 0 Å². The van der Waals surface area contributed by atoms with Gasteiger partial charge in [0.05, 0.1) is 17.3 Å². The third-order valence-electron chi connectivity index (χ3n) is 3.36. The highest BCUT2D eigenvalue weighted by molar-refractivity contribution is 14.1. The zero-order chi connectivity index (χ0) is 14.1. The van der Waals surface area contributed by atoms with Crippen LogP contribution in [-0.4, -0.2) is 4.98 Å². The lowest BCUT2D eigenvalue weighted by atomic mass is 10.2. The molecule has 102 valence electrons. The summed E-state index contributed by atoms with van der Waals surface area (Å²) in [6, 6.07) is 14.4. The molecule has 1 heterocycles. The molecular weight excluding hydrogens is 383 g/mol. The summed E-state index contributed by atoms with van der Waals surface area (Å²) in [5, 5.41) is 5.28. The number of aromatic amines is 1. The summed E-state index contributed by atoms with van der Waals surface area (Å²) in [7, 11) is 0. The minimum absolute atomic E-state index is 0.687. The van der Waals surface area contributed by atoms with Crippen LogP contribution in [0.3, 0.4) is 0 Å². The maximum absolute atomic E-state index is 6.41. The molecule has 2 aromatic carbocycles. The van der Waals surface area contributed by atoms with Crippen molar-refractivity contribution < 1.29 is 0 Å². The molecule has 0 spiro atoms. The number of benzene rings is 2. The van der Waals surface area contributed by atoms with Crippen molar-refractivity contribution in [2.75, 3.05) is 5.32 Å². The highest BCUT2D eigenvalue weighted by Crippen LogP contribution is 2.28. The van der Waals surface area contributed by atoms with E-state index >= 15 is 0 Å². The van der Waals surface area contributed by atoms with E-state index in [9.17, 15) is 0 Å². The van der Waals surface area contributed by atoms with Crippen LogP contribution in [0.15, 0.2) is 42.5 Å². The number of H-pyrrole nitrogens is 1. The molecule has 2 nitrogen and oxygen atoms in total. The van der Waals surface area contributed by atoms with Gasteiger partial charge in [0.25, 0.3) is 0 Å². The largest absolute Gasteiger partial charge is 0.379 e. The number of nitrogens with one attached hydrogen (secondary N) is 2. The van der Waals surface area contributed by atoms with Crippen molar-refractivity contribution in [2.24, 2.45) is 0 Å². The normalized spacial score (nSPS) is 10.9. The molecular formula is C16H14ClIN2. The molecule has 0 amide bonds. The Labute approximate surface area is 136 Å². The molecule has 0 saturated heterocycles. The van der Waals surface area contributed by atoms with Crippen molar-refractivity contribution >= 4 is 50.8 Å². The minimum Gasteiger partial charge on any atom is -0.379 e. The van der Waals surface area contributed by atoms with Crippen LogP contribution in [0.4, 0.5) is 5.69 Å². The number of hydrogen-bond acceptors (Lipinski definition) is 1. The average molecular weight is 397 g/mol. The Morgan fingerprint density at radius 2 is 2.00 bits per heavy atom. The molecule has 3 aromatic rings. The van der Waals surface area contributed by atoms with E-state index in [4.69, 9.17) is 11.6 Å². The van der Waals surface area contributed by atoms with Gasteiger partial charge in [0.1, 0.15) is 0 Å². The van der Waals surface area contributed by atoms with Gasteiger partial charge >= 0.3 is 0 Å². The second-order valence-electron chi connectivity index (χ2n) is 4.78. The van der Waals surface area contributed by atoms with Crippen molar-refractivity contribution in [3.63, 3.8) is 0 Å². The zero-order valence-corrected chi connectivity index (χ0v) is 13.9. The van der Waals surface area contributed by atoms with Crippen molar-refractivity contribution in [1.29, 1.82) is 0 Å². The van der Waals surface area contributed by atoms with Crippen LogP contribution >= 0.6 is 34.2 Å². The van der Waals surface area contributed by atoms with Gasteiger partial charge in [0, 0.05) is 20.2 Å². The highest BCUT2D eigenvalue weighted by atomic mass is 127. The van der Waals surface area contributed by atoms with Gasteiger partial charge in [-0.25, -0.2) is 0 Å². The topological polar surface area (TPSA) is 27.8 Å². The predicted octanol–water partition coefficient (Wildman–Crippen LogP) is 5.35. The van der Waals surface area contributed by atoms with E-state index in [0.29, 0.717) is 6.54 Å². The third kappa shape index (κ3) is 2.65. The Morgan fingerprint density at radius 1 is 1.20 bits per heavy atom. The highest BCUT2D eigenvalue weighted by Gasteiger charge is 2.08. The molecule has 0 aliphatic heterocycles. The Balaban J connectivity index is 1.83. The number of aryl methyl sites for hydroxylation is 1. The molecule has 0 saturated carbocycles. The van der Waals surface area contributed by atoms with Gasteiger partial charge in [-0.2, -0.15) is 0 Å². The molecule has 4 heteroatoms. The van der Waals surface area contributed by atoms with E-state index in [2.05, 4.69) is 58.0 Å². The number of anilines is 1. The van der Waals surface area contributed by atoms with Gasteiger partial charge in [-0.3, -0.25) is 0 Å². The molecule has 0 atom stereocenters. The fraction of sp³-hybridized carbons (Fsp3) is 0.125. The van der Waals surface area contributed by atoms with E-state index < -0.39 is 0 Å². The van der Waals surface area contributed by atoms with Gasteiger partial charge in [-0.1, -0.05) is 35.9 Å². The summed E-state index contributed by atoms with van der Waals surface area (Å²) in [6.45, 7) is 2.80. The molecule has 0 aliphatic rings. The Bertz CT molecular complexity index is 764. The van der Waals surface area contributed by atoms with Crippen LogP contribution < -0.4 is 5.32 Å². The molecule has 0 unspecified atom stereocenters. The van der Waals surface area contributed by atoms with Crippen LogP contribution in [0.2, 0.25) is 5.02 Å². The monoisotopic (exact) mass is 396 g/mol. The van der Waals surface area contributed by atoms with Crippen molar-refractivity contribution in [3.8, 4) is 0 Å². The number of aromatic nitrogens is 1. The molecule has 2 N–H and O–H groups in total. The maximum Gasteiger partial charge on any atom is 0.0710 e. The van der Waals surface area contributed by atoms with E-state index in [1.807, 2.05) is 24.3 Å². The van der Waals surface area contributed by atoms with Gasteiger partial charge < -0.3 is 10.3 Å². The summed E-state index contributed by atoms with van der Waals surface area (Å²) in [6.07, 6.45) is 0. The first kappa shape index (κ1) is 13.8. The summed E-state index contributed by atoms with van der Waals surface area (Å²) in [4.78, 5) is 3.36. The van der Waals surface area contributed by atoms with E-state index in [-0.39, 0.29) is 0 Å². The first-order chi connectivity index (χ1) is 9.65. The lowest BCUT2D eigenvalue weighted by Crippen LogP contribution is -2.00. The average Bonchev–Trinajstić information content (AvgIpc) is 2.77. The second kappa shape index (κ2) is 5.66. The number of rotatable bonds is 3. The first-order valence-electron chi connectivity index (χ1n) is 6.40. The summed E-state index contributed by atoms with van der Waals surface area (Å²) < 4.78 is 1.26. The Morgan fingerprint density at radius 3 is 2.75 bits per heavy atom. The molecule has 1 aromatic heterocycles. The van der Waals surface area contributed by atoms with Crippen molar-refractivity contribution in [2.45, 2.75) is 13.5 Å². The van der Waals surface area contributed by atoms with E-state index in [0.717, 1.165) is 27.3 Å². The SMILES string of the molecule is Cc1ccc(NCc2[nH]c3ccccc3c2Cl)cc1I.